The molecule has 1 unspecified atom stereocenters. The number of carboxylic acids is 1. The highest BCUT2D eigenvalue weighted by Crippen LogP contribution is 2.19. The lowest BCUT2D eigenvalue weighted by molar-refractivity contribution is -0.139. The molecule has 0 saturated heterocycles. The number of carbonyl (C=O) groups excluding carboxylic acids is 1. The third-order valence-corrected chi connectivity index (χ3v) is 4.25. The van der Waals surface area contributed by atoms with Gasteiger partial charge in [-0.1, -0.05) is 31.5 Å². The predicted molar refractivity (Wildman–Crippen MR) is 85.1 cm³/mol. The van der Waals surface area contributed by atoms with Gasteiger partial charge in [-0.05, 0) is 18.1 Å². The van der Waals surface area contributed by atoms with Crippen molar-refractivity contribution >= 4 is 23.2 Å². The summed E-state index contributed by atoms with van der Waals surface area (Å²) in [5.41, 5.74) is 0.503. The first-order chi connectivity index (χ1) is 11.0. The standard InChI is InChI=1S/C16H17FN2O3S/c1-2-5-12(16(21)22)19-15(20)13-9-18-14(23-13)8-10-6-3-4-7-11(10)17/h3-4,6-7,9,12H,2,5,8H2,1H3,(H,19,20)(H,21,22). The van der Waals surface area contributed by atoms with Crippen molar-refractivity contribution in [1.82, 2.24) is 10.3 Å². The summed E-state index contributed by atoms with van der Waals surface area (Å²) in [4.78, 5) is 27.6. The van der Waals surface area contributed by atoms with Crippen LogP contribution in [-0.4, -0.2) is 28.0 Å². The fourth-order valence-corrected chi connectivity index (χ4v) is 2.92. The minimum atomic E-state index is -1.06. The number of nitrogens with one attached hydrogen (secondary N) is 1. The van der Waals surface area contributed by atoms with Gasteiger partial charge < -0.3 is 10.4 Å². The van der Waals surface area contributed by atoms with Crippen LogP contribution in [0.5, 0.6) is 0 Å². The smallest absolute Gasteiger partial charge is 0.326 e. The summed E-state index contributed by atoms with van der Waals surface area (Å²) in [7, 11) is 0. The molecule has 0 radical (unpaired) electrons. The average molecular weight is 336 g/mol. The third kappa shape index (κ3) is 4.59. The largest absolute Gasteiger partial charge is 0.480 e. The lowest BCUT2D eigenvalue weighted by Crippen LogP contribution is -2.40. The normalized spacial score (nSPS) is 11.9. The van der Waals surface area contributed by atoms with E-state index in [1.807, 2.05) is 6.92 Å². The zero-order chi connectivity index (χ0) is 16.8. The van der Waals surface area contributed by atoms with Gasteiger partial charge in [0.2, 0.25) is 0 Å². The summed E-state index contributed by atoms with van der Waals surface area (Å²) in [6, 6.07) is 5.47. The molecule has 0 spiro atoms. The molecule has 1 atom stereocenters. The maximum atomic E-state index is 13.6. The summed E-state index contributed by atoms with van der Waals surface area (Å²) in [5.74, 6) is -1.85. The predicted octanol–water partition coefficient (Wildman–Crippen LogP) is 2.86. The Kier molecular flexibility index (Phi) is 5.81. The molecule has 2 aromatic rings. The molecular formula is C16H17FN2O3S. The lowest BCUT2D eigenvalue weighted by Gasteiger charge is -2.12. The molecule has 1 amide bonds. The summed E-state index contributed by atoms with van der Waals surface area (Å²) < 4.78 is 13.6. The van der Waals surface area contributed by atoms with Gasteiger partial charge in [-0.25, -0.2) is 14.2 Å². The van der Waals surface area contributed by atoms with Gasteiger partial charge in [-0.3, -0.25) is 4.79 Å². The zero-order valence-electron chi connectivity index (χ0n) is 12.6. The van der Waals surface area contributed by atoms with Crippen LogP contribution in [0, 0.1) is 5.82 Å². The van der Waals surface area contributed by atoms with E-state index in [1.165, 1.54) is 12.3 Å². The molecule has 0 saturated carbocycles. The second-order valence-electron chi connectivity index (χ2n) is 5.04. The highest BCUT2D eigenvalue weighted by molar-refractivity contribution is 7.13. The fraction of sp³-hybridized carbons (Fsp3) is 0.312. The molecule has 0 aliphatic rings. The van der Waals surface area contributed by atoms with E-state index >= 15 is 0 Å². The van der Waals surface area contributed by atoms with Gasteiger partial charge in [0, 0.05) is 6.42 Å². The van der Waals surface area contributed by atoms with Crippen molar-refractivity contribution in [3.05, 3.63) is 51.7 Å². The van der Waals surface area contributed by atoms with Crippen molar-refractivity contribution in [3.63, 3.8) is 0 Å². The van der Waals surface area contributed by atoms with Crippen molar-refractivity contribution in [3.8, 4) is 0 Å². The van der Waals surface area contributed by atoms with Crippen LogP contribution in [0.3, 0.4) is 0 Å². The Bertz CT molecular complexity index is 702. The number of nitrogens with zero attached hydrogens (tertiary/aromatic N) is 1. The van der Waals surface area contributed by atoms with Gasteiger partial charge in [0.15, 0.2) is 0 Å². The minimum Gasteiger partial charge on any atom is -0.480 e. The average Bonchev–Trinajstić information content (AvgIpc) is 2.97. The van der Waals surface area contributed by atoms with Crippen LogP contribution in [0.2, 0.25) is 0 Å². The highest BCUT2D eigenvalue weighted by Gasteiger charge is 2.21. The van der Waals surface area contributed by atoms with E-state index in [2.05, 4.69) is 10.3 Å². The summed E-state index contributed by atoms with van der Waals surface area (Å²) in [6.07, 6.45) is 2.70. The second-order valence-corrected chi connectivity index (χ2v) is 6.15. The summed E-state index contributed by atoms with van der Waals surface area (Å²) >= 11 is 1.13. The van der Waals surface area contributed by atoms with Crippen molar-refractivity contribution in [2.24, 2.45) is 0 Å². The molecule has 0 aliphatic carbocycles. The molecule has 0 bridgehead atoms. The van der Waals surface area contributed by atoms with E-state index in [9.17, 15) is 14.0 Å². The Balaban J connectivity index is 2.05. The Morgan fingerprint density at radius 3 is 2.78 bits per heavy atom. The molecular weight excluding hydrogens is 319 g/mol. The Morgan fingerprint density at radius 1 is 1.39 bits per heavy atom. The number of aromatic nitrogens is 1. The SMILES string of the molecule is CCCC(NC(=O)c1cnc(Cc2ccccc2F)s1)C(=O)O. The van der Waals surface area contributed by atoms with Crippen LogP contribution in [0.25, 0.3) is 0 Å². The first-order valence-electron chi connectivity index (χ1n) is 7.23. The number of benzene rings is 1. The van der Waals surface area contributed by atoms with E-state index in [0.29, 0.717) is 34.7 Å². The van der Waals surface area contributed by atoms with Gasteiger partial charge in [0.1, 0.15) is 16.7 Å². The first-order valence-corrected chi connectivity index (χ1v) is 8.04. The number of carbonyl (C=O) groups is 2. The first kappa shape index (κ1) is 17.1. The molecule has 5 nitrogen and oxygen atoms in total. The van der Waals surface area contributed by atoms with E-state index in [1.54, 1.807) is 18.2 Å². The van der Waals surface area contributed by atoms with E-state index in [0.717, 1.165) is 11.3 Å². The summed E-state index contributed by atoms with van der Waals surface area (Å²) in [5, 5.41) is 12.1. The van der Waals surface area contributed by atoms with Gasteiger partial charge >= 0.3 is 5.97 Å². The third-order valence-electron chi connectivity index (χ3n) is 3.26. The van der Waals surface area contributed by atoms with E-state index in [-0.39, 0.29) is 5.82 Å². The minimum absolute atomic E-state index is 0.294. The van der Waals surface area contributed by atoms with Crippen LogP contribution in [0.4, 0.5) is 4.39 Å². The second kappa shape index (κ2) is 7.82. The molecule has 0 aliphatic heterocycles. The number of carboxylic acid groups (broad SMARTS) is 1. The Morgan fingerprint density at radius 2 is 2.13 bits per heavy atom. The molecule has 2 rings (SSSR count). The van der Waals surface area contributed by atoms with Crippen molar-refractivity contribution in [2.75, 3.05) is 0 Å². The Labute approximate surface area is 137 Å². The zero-order valence-corrected chi connectivity index (χ0v) is 13.4. The van der Waals surface area contributed by atoms with Crippen LogP contribution in [0.15, 0.2) is 30.5 Å². The van der Waals surface area contributed by atoms with Crippen LogP contribution in [0.1, 0.15) is 40.0 Å². The molecule has 2 N–H and O–H groups in total. The number of aliphatic carboxylic acids is 1. The quantitative estimate of drug-likeness (QED) is 0.815. The molecule has 122 valence electrons. The van der Waals surface area contributed by atoms with E-state index < -0.39 is 17.9 Å². The lowest BCUT2D eigenvalue weighted by atomic mass is 10.1. The maximum absolute atomic E-state index is 13.6. The monoisotopic (exact) mass is 336 g/mol. The van der Waals surface area contributed by atoms with Crippen LogP contribution in [-0.2, 0) is 11.2 Å². The Hall–Kier alpha value is -2.28. The molecule has 1 aromatic heterocycles. The number of hydrogen-bond acceptors (Lipinski definition) is 4. The number of rotatable bonds is 7. The number of thiazole rings is 1. The fourth-order valence-electron chi connectivity index (χ4n) is 2.08. The van der Waals surface area contributed by atoms with Crippen LogP contribution >= 0.6 is 11.3 Å². The van der Waals surface area contributed by atoms with Crippen LogP contribution < -0.4 is 5.32 Å². The molecule has 7 heteroatoms. The van der Waals surface area contributed by atoms with Gasteiger partial charge in [-0.2, -0.15) is 0 Å². The van der Waals surface area contributed by atoms with Gasteiger partial charge in [0.05, 0.1) is 11.2 Å². The highest BCUT2D eigenvalue weighted by atomic mass is 32.1. The van der Waals surface area contributed by atoms with Gasteiger partial charge in [-0.15, -0.1) is 11.3 Å². The number of amides is 1. The summed E-state index contributed by atoms with van der Waals surface area (Å²) in [6.45, 7) is 1.85. The van der Waals surface area contributed by atoms with Crippen molar-refractivity contribution in [1.29, 1.82) is 0 Å². The molecule has 1 heterocycles. The topological polar surface area (TPSA) is 79.3 Å². The molecule has 1 aromatic carbocycles. The molecule has 23 heavy (non-hydrogen) atoms. The number of hydrogen-bond donors (Lipinski definition) is 2. The van der Waals surface area contributed by atoms with Gasteiger partial charge in [0.25, 0.3) is 5.91 Å². The van der Waals surface area contributed by atoms with E-state index in [4.69, 9.17) is 5.11 Å². The maximum Gasteiger partial charge on any atom is 0.326 e. The molecule has 0 fully saturated rings. The number of halogens is 1. The van der Waals surface area contributed by atoms with Crippen molar-refractivity contribution < 1.29 is 19.1 Å². The van der Waals surface area contributed by atoms with Crippen molar-refractivity contribution in [2.45, 2.75) is 32.2 Å².